The number of hydrogen-bond donors (Lipinski definition) is 4. The molecule has 5 N–H and O–H groups in total. The summed E-state index contributed by atoms with van der Waals surface area (Å²) in [5.74, 6) is -1.56. The van der Waals surface area contributed by atoms with Gasteiger partial charge in [0.1, 0.15) is 22.9 Å². The minimum atomic E-state index is -1.21. The van der Waals surface area contributed by atoms with E-state index in [0.29, 0.717) is 22.2 Å². The molecule has 2 amide bonds. The summed E-state index contributed by atoms with van der Waals surface area (Å²) < 4.78 is 1.47. The van der Waals surface area contributed by atoms with Crippen LogP contribution in [0.1, 0.15) is 0 Å². The van der Waals surface area contributed by atoms with Crippen molar-refractivity contribution in [2.45, 2.75) is 21.7 Å². The van der Waals surface area contributed by atoms with Crippen LogP contribution in [-0.4, -0.2) is 86.6 Å². The molecule has 2 aliphatic rings. The molecule has 1 unspecified atom stereocenters. The Bertz CT molecular complexity index is 1210. The Labute approximate surface area is 198 Å². The number of tetrazole rings is 1. The number of fused-ring (bicyclic) bond motifs is 1. The molecular weight excluding hydrogens is 494 g/mol. The first kappa shape index (κ1) is 23.1. The minimum absolute atomic E-state index is 0.0301. The Morgan fingerprint density at radius 1 is 1.39 bits per heavy atom. The lowest BCUT2D eigenvalue weighted by atomic mass is 10.0. The number of aromatic nitrogens is 6. The summed E-state index contributed by atoms with van der Waals surface area (Å²) in [6, 6.07) is 0.277. The van der Waals surface area contributed by atoms with Crippen LogP contribution < -0.4 is 16.6 Å². The van der Waals surface area contributed by atoms with Crippen LogP contribution >= 0.6 is 35.3 Å². The summed E-state index contributed by atoms with van der Waals surface area (Å²) in [7, 11) is 1.67. The molecule has 2 aromatic rings. The highest BCUT2D eigenvalue weighted by molar-refractivity contribution is 8.01. The van der Waals surface area contributed by atoms with E-state index in [1.165, 1.54) is 33.1 Å². The third-order valence-corrected chi connectivity index (χ3v) is 7.91. The fourth-order valence-corrected chi connectivity index (χ4v) is 6.19. The van der Waals surface area contributed by atoms with Crippen LogP contribution in [0.5, 0.6) is 0 Å². The van der Waals surface area contributed by atoms with E-state index in [1.807, 2.05) is 0 Å². The molecule has 0 aromatic carbocycles. The maximum Gasteiger partial charge on any atom is 0.352 e. The third kappa shape index (κ3) is 4.83. The van der Waals surface area contributed by atoms with Gasteiger partial charge in [-0.3, -0.25) is 19.3 Å². The number of aromatic amines is 1. The highest BCUT2D eigenvalue weighted by Gasteiger charge is 2.54. The number of hydrogen-bond acceptors (Lipinski definition) is 12. The summed E-state index contributed by atoms with van der Waals surface area (Å²) in [4.78, 5) is 56.0. The van der Waals surface area contributed by atoms with E-state index in [4.69, 9.17) is 5.73 Å². The molecular formula is C16H17N9O5S3. The van der Waals surface area contributed by atoms with Gasteiger partial charge in [-0.05, 0) is 16.0 Å². The number of anilines is 1. The Morgan fingerprint density at radius 3 is 2.85 bits per heavy atom. The lowest BCUT2D eigenvalue weighted by molar-refractivity contribution is -0.150. The standard InChI is InChI=1S/C16H17N9O5S3/c1-24-16(21-22-23-24)33-4-6-3-31-13-10(12(28)25(13)11(6)14(29)30)19-9(27)5-32-15-18-7(17)2-8(26)20-15/h2,10,13H,3-5H2,1H3,(H,19,27)(H,29,30)(H3,17,18,20,26)/t10?,13-/m0/s1. The second-order valence-electron chi connectivity index (χ2n) is 6.85. The highest BCUT2D eigenvalue weighted by Crippen LogP contribution is 2.41. The first-order valence-electron chi connectivity index (χ1n) is 9.28. The molecule has 1 saturated heterocycles. The molecule has 0 bridgehead atoms. The van der Waals surface area contributed by atoms with Crippen molar-refractivity contribution in [3.05, 3.63) is 27.7 Å². The van der Waals surface area contributed by atoms with Gasteiger partial charge in [-0.15, -0.1) is 16.9 Å². The zero-order chi connectivity index (χ0) is 23.7. The number of nitrogen functional groups attached to an aromatic ring is 1. The number of β-lactam (4-membered cyclic amide) rings is 1. The molecule has 174 valence electrons. The molecule has 0 saturated carbocycles. The van der Waals surface area contributed by atoms with Crippen molar-refractivity contribution in [2.75, 3.05) is 23.0 Å². The van der Waals surface area contributed by atoms with Crippen LogP contribution in [0.2, 0.25) is 0 Å². The molecule has 4 heterocycles. The van der Waals surface area contributed by atoms with E-state index in [-0.39, 0.29) is 22.4 Å². The van der Waals surface area contributed by atoms with E-state index in [2.05, 4.69) is 30.8 Å². The third-order valence-electron chi connectivity index (χ3n) is 4.60. The topological polar surface area (TPSA) is 202 Å². The summed E-state index contributed by atoms with van der Waals surface area (Å²) in [5, 5.41) is 23.7. The largest absolute Gasteiger partial charge is 0.477 e. The number of nitrogens with one attached hydrogen (secondary N) is 2. The first-order chi connectivity index (χ1) is 15.7. The number of aryl methyl sites for hydroxylation is 1. The molecule has 1 fully saturated rings. The zero-order valence-corrected chi connectivity index (χ0v) is 19.4. The summed E-state index contributed by atoms with van der Waals surface area (Å²) in [5.41, 5.74) is 5.57. The van der Waals surface area contributed by atoms with Crippen molar-refractivity contribution in [1.82, 2.24) is 40.4 Å². The van der Waals surface area contributed by atoms with Crippen molar-refractivity contribution in [3.8, 4) is 0 Å². The van der Waals surface area contributed by atoms with Gasteiger partial charge in [0, 0.05) is 24.6 Å². The molecule has 2 atom stereocenters. The molecule has 4 rings (SSSR count). The average molecular weight is 512 g/mol. The number of nitrogens with zero attached hydrogens (tertiary/aromatic N) is 6. The average Bonchev–Trinajstić information content (AvgIpc) is 3.17. The Kier molecular flexibility index (Phi) is 6.61. The van der Waals surface area contributed by atoms with Crippen molar-refractivity contribution in [3.63, 3.8) is 0 Å². The molecule has 0 radical (unpaired) electrons. The van der Waals surface area contributed by atoms with Gasteiger partial charge in [-0.1, -0.05) is 23.5 Å². The van der Waals surface area contributed by atoms with Crippen molar-refractivity contribution in [2.24, 2.45) is 7.05 Å². The van der Waals surface area contributed by atoms with Crippen molar-refractivity contribution >= 4 is 58.9 Å². The van der Waals surface area contributed by atoms with E-state index >= 15 is 0 Å². The Hall–Kier alpha value is -3.05. The summed E-state index contributed by atoms with van der Waals surface area (Å²) >= 11 is 3.60. The van der Waals surface area contributed by atoms with E-state index in [1.54, 1.807) is 7.05 Å². The van der Waals surface area contributed by atoms with E-state index in [9.17, 15) is 24.3 Å². The lowest BCUT2D eigenvalue weighted by Gasteiger charge is -2.49. The number of aliphatic carboxylic acids is 1. The number of rotatable bonds is 8. The lowest BCUT2D eigenvalue weighted by Crippen LogP contribution is -2.70. The summed E-state index contributed by atoms with van der Waals surface area (Å²) in [6.45, 7) is 0. The van der Waals surface area contributed by atoms with E-state index < -0.39 is 34.8 Å². The highest BCUT2D eigenvalue weighted by atomic mass is 32.2. The van der Waals surface area contributed by atoms with Gasteiger partial charge in [0.15, 0.2) is 5.16 Å². The van der Waals surface area contributed by atoms with Crippen LogP contribution in [0.15, 0.2) is 32.4 Å². The molecule has 14 nitrogen and oxygen atoms in total. The van der Waals surface area contributed by atoms with Crippen molar-refractivity contribution < 1.29 is 19.5 Å². The number of carboxylic acid groups (broad SMARTS) is 1. The second-order valence-corrected chi connectivity index (χ2v) is 9.86. The smallest absolute Gasteiger partial charge is 0.352 e. The minimum Gasteiger partial charge on any atom is -0.477 e. The number of amides is 2. The zero-order valence-electron chi connectivity index (χ0n) is 16.9. The quantitative estimate of drug-likeness (QED) is 0.181. The maximum atomic E-state index is 12.7. The number of H-pyrrole nitrogens is 1. The number of thioether (sulfide) groups is 3. The number of carbonyl (C=O) groups excluding carboxylic acids is 2. The number of carbonyl (C=O) groups is 3. The first-order valence-corrected chi connectivity index (χ1v) is 12.3. The second kappa shape index (κ2) is 9.44. The molecule has 2 aliphatic heterocycles. The SMILES string of the molecule is Cn1nnnc1SCC1=C(C(=O)O)N2C(=O)C(NC(=O)CSc3nc(N)cc(=O)[nH]3)[C@@H]2SC1. The number of nitrogens with two attached hydrogens (primary N) is 1. The fraction of sp³-hybridized carbons (Fsp3) is 0.375. The normalized spacial score (nSPS) is 19.8. The van der Waals surface area contributed by atoms with Crippen LogP contribution in [0.4, 0.5) is 5.82 Å². The fourth-order valence-electron chi connectivity index (χ4n) is 3.16. The van der Waals surface area contributed by atoms with E-state index in [0.717, 1.165) is 17.8 Å². The number of carboxylic acids is 1. The molecule has 0 aliphatic carbocycles. The van der Waals surface area contributed by atoms with Gasteiger partial charge in [0.2, 0.25) is 11.1 Å². The van der Waals surface area contributed by atoms with Gasteiger partial charge in [0.05, 0.1) is 5.75 Å². The van der Waals surface area contributed by atoms with Gasteiger partial charge >= 0.3 is 5.97 Å². The Balaban J connectivity index is 1.39. The van der Waals surface area contributed by atoms with Crippen molar-refractivity contribution in [1.29, 1.82) is 0 Å². The Morgan fingerprint density at radius 2 is 2.18 bits per heavy atom. The molecule has 33 heavy (non-hydrogen) atoms. The molecule has 17 heteroatoms. The van der Waals surface area contributed by atoms with Crippen LogP contribution in [0.25, 0.3) is 0 Å². The van der Waals surface area contributed by atoms with Gasteiger partial charge in [-0.25, -0.2) is 14.5 Å². The predicted molar refractivity (Wildman–Crippen MR) is 119 cm³/mol. The van der Waals surface area contributed by atoms with Gasteiger partial charge < -0.3 is 21.1 Å². The maximum absolute atomic E-state index is 12.7. The monoisotopic (exact) mass is 511 g/mol. The van der Waals surface area contributed by atoms with Gasteiger partial charge in [-0.2, -0.15) is 0 Å². The van der Waals surface area contributed by atoms with Crippen LogP contribution in [0.3, 0.4) is 0 Å². The van der Waals surface area contributed by atoms with Crippen LogP contribution in [0, 0.1) is 0 Å². The van der Waals surface area contributed by atoms with Crippen LogP contribution in [-0.2, 0) is 21.4 Å². The molecule has 2 aromatic heterocycles. The van der Waals surface area contributed by atoms with Gasteiger partial charge in [0.25, 0.3) is 11.5 Å². The summed E-state index contributed by atoms with van der Waals surface area (Å²) in [6.07, 6.45) is 0. The predicted octanol–water partition coefficient (Wildman–Crippen LogP) is -1.50. The molecule has 0 spiro atoms.